The number of nitrogens with zero attached hydrogens (tertiary/aromatic N) is 4. The average molecular weight is 334 g/mol. The molecule has 0 radical (unpaired) electrons. The van der Waals surface area contributed by atoms with Gasteiger partial charge in [0, 0.05) is 19.0 Å². The molecule has 2 aromatic rings. The summed E-state index contributed by atoms with van der Waals surface area (Å²) in [4.78, 5) is 19.1. The molecule has 3 rings (SSSR count). The van der Waals surface area contributed by atoms with Gasteiger partial charge in [-0.05, 0) is 26.7 Å². The molecule has 3 heterocycles. The number of hydrogen-bond acceptors (Lipinski definition) is 5. The highest BCUT2D eigenvalue weighted by Crippen LogP contribution is 2.39. The summed E-state index contributed by atoms with van der Waals surface area (Å²) in [7, 11) is 3.52. The van der Waals surface area contributed by atoms with Gasteiger partial charge in [-0.3, -0.25) is 4.79 Å². The van der Waals surface area contributed by atoms with Gasteiger partial charge in [0.15, 0.2) is 0 Å². The third-order valence-electron chi connectivity index (χ3n) is 4.31. The smallest absolute Gasteiger partial charge is 0.229 e. The minimum atomic E-state index is 0.0471. The number of aromatic nitrogens is 3. The Morgan fingerprint density at radius 2 is 2.26 bits per heavy atom. The van der Waals surface area contributed by atoms with E-state index in [9.17, 15) is 4.79 Å². The Labute approximate surface area is 140 Å². The van der Waals surface area contributed by atoms with Crippen LogP contribution in [0.5, 0.6) is 5.88 Å². The van der Waals surface area contributed by atoms with Crippen LogP contribution < -0.4 is 4.74 Å². The van der Waals surface area contributed by atoms with Gasteiger partial charge in [-0.2, -0.15) is 5.10 Å². The number of hydrogen-bond donors (Lipinski definition) is 0. The van der Waals surface area contributed by atoms with Crippen LogP contribution in [0.3, 0.4) is 0 Å². The molecule has 0 unspecified atom stereocenters. The molecule has 0 N–H and O–H groups in total. The molecule has 0 saturated carbocycles. The number of ether oxygens (including phenoxy) is 1. The van der Waals surface area contributed by atoms with Crippen molar-refractivity contribution in [2.24, 2.45) is 7.05 Å². The Morgan fingerprint density at radius 3 is 2.91 bits per heavy atom. The highest BCUT2D eigenvalue weighted by Gasteiger charge is 2.35. The van der Waals surface area contributed by atoms with Gasteiger partial charge < -0.3 is 9.64 Å². The molecule has 6 nitrogen and oxygen atoms in total. The first-order chi connectivity index (χ1) is 11.0. The number of amides is 1. The minimum absolute atomic E-state index is 0.0471. The lowest BCUT2D eigenvalue weighted by Gasteiger charge is -2.25. The van der Waals surface area contributed by atoms with Crippen molar-refractivity contribution in [2.45, 2.75) is 39.2 Å². The standard InChI is InChI=1S/C16H22N4O2S/c1-10-15(16(22-4)19(3)18-10)13-6-5-7-20(13)14(21)8-12-9-23-11(2)17-12/h9,13H,5-8H2,1-4H3/t13-/m0/s1. The minimum Gasteiger partial charge on any atom is -0.481 e. The lowest BCUT2D eigenvalue weighted by Crippen LogP contribution is -2.32. The topological polar surface area (TPSA) is 60.2 Å². The van der Waals surface area contributed by atoms with E-state index in [-0.39, 0.29) is 11.9 Å². The molecular weight excluding hydrogens is 312 g/mol. The SMILES string of the molecule is COc1c([C@@H]2CCCN2C(=O)Cc2csc(C)n2)c(C)nn1C. The second-order valence-corrected chi connectivity index (χ2v) is 6.97. The molecule has 1 fully saturated rings. The first-order valence-electron chi connectivity index (χ1n) is 7.79. The Morgan fingerprint density at radius 1 is 1.48 bits per heavy atom. The van der Waals surface area contributed by atoms with Crippen LogP contribution >= 0.6 is 11.3 Å². The number of carbonyl (C=O) groups excluding carboxylic acids is 1. The molecule has 1 aliphatic rings. The first kappa shape index (κ1) is 16.0. The fourth-order valence-corrected chi connectivity index (χ4v) is 4.00. The van der Waals surface area contributed by atoms with E-state index >= 15 is 0 Å². The molecule has 0 aromatic carbocycles. The van der Waals surface area contributed by atoms with Crippen molar-refractivity contribution in [1.29, 1.82) is 0 Å². The highest BCUT2D eigenvalue weighted by molar-refractivity contribution is 7.09. The number of carbonyl (C=O) groups is 1. The van der Waals surface area contributed by atoms with Crippen LogP contribution in [0.4, 0.5) is 0 Å². The lowest BCUT2D eigenvalue weighted by molar-refractivity contribution is -0.131. The number of aryl methyl sites for hydroxylation is 3. The zero-order chi connectivity index (χ0) is 16.6. The van der Waals surface area contributed by atoms with Gasteiger partial charge in [0.2, 0.25) is 11.8 Å². The first-order valence-corrected chi connectivity index (χ1v) is 8.67. The predicted molar refractivity (Wildman–Crippen MR) is 88.7 cm³/mol. The summed E-state index contributed by atoms with van der Waals surface area (Å²) < 4.78 is 7.26. The van der Waals surface area contributed by atoms with Gasteiger partial charge >= 0.3 is 0 Å². The maximum absolute atomic E-state index is 12.7. The molecule has 1 amide bonds. The summed E-state index contributed by atoms with van der Waals surface area (Å²) in [5, 5.41) is 7.41. The van der Waals surface area contributed by atoms with Crippen LogP contribution in [0.25, 0.3) is 0 Å². The molecule has 0 bridgehead atoms. The molecule has 7 heteroatoms. The van der Waals surface area contributed by atoms with Gasteiger partial charge in [0.1, 0.15) is 0 Å². The van der Waals surface area contributed by atoms with E-state index in [1.54, 1.807) is 23.1 Å². The molecule has 0 aliphatic carbocycles. The van der Waals surface area contributed by atoms with Crippen LogP contribution in [0.15, 0.2) is 5.38 Å². The third-order valence-corrected chi connectivity index (χ3v) is 5.14. The van der Waals surface area contributed by atoms with E-state index in [1.807, 2.05) is 31.2 Å². The van der Waals surface area contributed by atoms with Crippen LogP contribution in [0, 0.1) is 13.8 Å². The normalized spacial score (nSPS) is 17.7. The van der Waals surface area contributed by atoms with E-state index < -0.39 is 0 Å². The van der Waals surface area contributed by atoms with Crippen LogP contribution in [-0.4, -0.2) is 39.2 Å². The van der Waals surface area contributed by atoms with E-state index in [4.69, 9.17) is 4.74 Å². The van der Waals surface area contributed by atoms with Crippen molar-refractivity contribution in [3.63, 3.8) is 0 Å². The van der Waals surface area contributed by atoms with E-state index in [1.165, 1.54) is 0 Å². The van der Waals surface area contributed by atoms with Crippen molar-refractivity contribution in [1.82, 2.24) is 19.7 Å². The molecular formula is C16H22N4O2S. The number of thiazole rings is 1. The maximum Gasteiger partial charge on any atom is 0.229 e. The third kappa shape index (κ3) is 2.97. The van der Waals surface area contributed by atoms with E-state index in [0.29, 0.717) is 6.42 Å². The summed E-state index contributed by atoms with van der Waals surface area (Å²) >= 11 is 1.58. The van der Waals surface area contributed by atoms with E-state index in [0.717, 1.165) is 47.2 Å². The van der Waals surface area contributed by atoms with Gasteiger partial charge in [0.05, 0.1) is 41.5 Å². The fourth-order valence-electron chi connectivity index (χ4n) is 3.39. The summed E-state index contributed by atoms with van der Waals surface area (Å²) in [5.74, 6) is 0.875. The van der Waals surface area contributed by atoms with Gasteiger partial charge in [-0.15, -0.1) is 11.3 Å². The Kier molecular flexibility index (Phi) is 4.39. The molecule has 23 heavy (non-hydrogen) atoms. The summed E-state index contributed by atoms with van der Waals surface area (Å²) in [6, 6.07) is 0.0471. The van der Waals surface area contributed by atoms with Gasteiger partial charge in [-0.1, -0.05) is 0 Å². The second-order valence-electron chi connectivity index (χ2n) is 5.91. The molecule has 2 aromatic heterocycles. The average Bonchev–Trinajstić information content (AvgIpc) is 3.18. The van der Waals surface area contributed by atoms with Gasteiger partial charge in [0.25, 0.3) is 0 Å². The molecule has 0 spiro atoms. The monoisotopic (exact) mass is 334 g/mol. The fraction of sp³-hybridized carbons (Fsp3) is 0.562. The number of rotatable bonds is 4. The summed E-state index contributed by atoms with van der Waals surface area (Å²) in [6.45, 7) is 4.72. The van der Waals surface area contributed by atoms with Gasteiger partial charge in [-0.25, -0.2) is 9.67 Å². The van der Waals surface area contributed by atoms with E-state index in [2.05, 4.69) is 10.1 Å². The molecule has 1 saturated heterocycles. The predicted octanol–water partition coefficient (Wildman–Crippen LogP) is 2.41. The van der Waals surface area contributed by atoms with Crippen molar-refractivity contribution < 1.29 is 9.53 Å². The zero-order valence-corrected chi connectivity index (χ0v) is 14.8. The second kappa shape index (κ2) is 6.31. The van der Waals surface area contributed by atoms with Crippen LogP contribution in [0.2, 0.25) is 0 Å². The molecule has 1 aliphatic heterocycles. The molecule has 124 valence electrons. The maximum atomic E-state index is 12.7. The summed E-state index contributed by atoms with van der Waals surface area (Å²) in [6.07, 6.45) is 2.32. The zero-order valence-electron chi connectivity index (χ0n) is 14.0. The lowest BCUT2D eigenvalue weighted by atomic mass is 10.0. The van der Waals surface area contributed by atoms with Crippen LogP contribution in [0.1, 0.15) is 40.8 Å². The Hall–Kier alpha value is -1.89. The molecule has 1 atom stereocenters. The number of methoxy groups -OCH3 is 1. The Balaban J connectivity index is 1.84. The van der Waals surface area contributed by atoms with Crippen molar-refractivity contribution in [3.05, 3.63) is 27.3 Å². The largest absolute Gasteiger partial charge is 0.481 e. The van der Waals surface area contributed by atoms with Crippen molar-refractivity contribution in [2.75, 3.05) is 13.7 Å². The highest BCUT2D eigenvalue weighted by atomic mass is 32.1. The Bertz CT molecular complexity index is 722. The summed E-state index contributed by atoms with van der Waals surface area (Å²) in [5.41, 5.74) is 2.83. The quantitative estimate of drug-likeness (QED) is 0.861. The number of likely N-dealkylation sites (tertiary alicyclic amines) is 1. The van der Waals surface area contributed by atoms with Crippen molar-refractivity contribution >= 4 is 17.2 Å². The van der Waals surface area contributed by atoms with Crippen LogP contribution in [-0.2, 0) is 18.3 Å². The van der Waals surface area contributed by atoms with Crippen molar-refractivity contribution in [3.8, 4) is 5.88 Å².